The summed E-state index contributed by atoms with van der Waals surface area (Å²) in [4.78, 5) is 95.5. The summed E-state index contributed by atoms with van der Waals surface area (Å²) < 4.78 is 51.4. The van der Waals surface area contributed by atoms with Crippen LogP contribution in [0, 0.1) is 23.7 Å². The molecule has 4 N–H and O–H groups in total. The summed E-state index contributed by atoms with van der Waals surface area (Å²) in [5.41, 5.74) is 1.85. The largest absolute Gasteiger partial charge is 0.481 e. The fourth-order valence-electron chi connectivity index (χ4n) is 9.57. The molecule has 3 heterocycles. The quantitative estimate of drug-likeness (QED) is 0.0243. The van der Waals surface area contributed by atoms with E-state index in [0.29, 0.717) is 67.7 Å². The van der Waals surface area contributed by atoms with Crippen LogP contribution >= 0.6 is 0 Å². The van der Waals surface area contributed by atoms with Crippen molar-refractivity contribution in [3.8, 4) is 23.0 Å². The number of ether oxygens (including phenoxy) is 7. The summed E-state index contributed by atoms with van der Waals surface area (Å²) in [5, 5.41) is 7.48. The second kappa shape index (κ2) is 33.6. The Balaban J connectivity index is 0.000000375. The Kier molecular flexibility index (Phi) is 28.1. The predicted octanol–water partition coefficient (Wildman–Crippen LogP) is 15.0. The lowest BCUT2D eigenvalue weighted by molar-refractivity contribution is -0.168. The van der Waals surface area contributed by atoms with Crippen molar-refractivity contribution in [1.82, 2.24) is 16.0 Å². The number of ketones is 1. The van der Waals surface area contributed by atoms with Crippen LogP contribution in [0.25, 0.3) is 5.70 Å². The van der Waals surface area contributed by atoms with Crippen LogP contribution in [-0.2, 0) is 51.7 Å². The molecular formula is C71H102N4O17Si2. The van der Waals surface area contributed by atoms with E-state index in [1.165, 1.54) is 24.1 Å². The zero-order valence-electron chi connectivity index (χ0n) is 58.7. The molecule has 0 spiro atoms. The number of hydrogen-bond donors (Lipinski definition) is 2. The second-order valence-corrected chi connectivity index (χ2v) is 38.1. The van der Waals surface area contributed by atoms with Gasteiger partial charge in [-0.1, -0.05) is 77.9 Å². The number of carbonyl (C=O) groups is 7. The number of methoxy groups -OCH3 is 2. The molecular weight excluding hydrogens is 1240 g/mol. The number of benzene rings is 4. The lowest BCUT2D eigenvalue weighted by atomic mass is 9.79. The molecule has 3 aliphatic heterocycles. The zero-order chi connectivity index (χ0) is 69.4. The molecule has 2 saturated heterocycles. The third-order valence-corrected chi connectivity index (χ3v) is 25.9. The number of amides is 2. The average molecular weight is 1340 g/mol. The van der Waals surface area contributed by atoms with Crippen LogP contribution < -0.4 is 15.6 Å². The molecule has 0 aromatic heterocycles. The van der Waals surface area contributed by atoms with Crippen molar-refractivity contribution in [1.29, 1.82) is 0 Å². The standard InChI is InChI=1S/C35H48N2O6Si.C34H47NO9Si.C2H4O2.H3N/c1-34(2,3)43-33(39)37-22-25(23-37)28(19-20-41-44(8,9)35(4,5)6)30-21-29(32(38)40-7)31(36-30)24-15-17-27(18-16-24)42-26-13-11-10-12-14-26;1-33(2,3)44-32(39)35-21-24(22-35)27(19-20-41-45(8,9)34(4,5)6)30(37)43-29(31(38)40-7)28(36)23-15-17-26(18-16-23)42-25-13-11-10-12-14-25;1-2(3)4;/h10-18,25,28H,19-23H2,1-9H3;10-18,24,27,29H,19-22H2,1-9H3;1H3,(H,3,4);1H3. The van der Waals surface area contributed by atoms with Crippen LogP contribution in [0.3, 0.4) is 0 Å². The fraction of sp³-hybridized carbons (Fsp3) is 0.521. The number of likely N-dealkylation sites (tertiary alicyclic amines) is 2. The van der Waals surface area contributed by atoms with Gasteiger partial charge in [-0.05, 0) is 163 Å². The van der Waals surface area contributed by atoms with Crippen LogP contribution in [0.5, 0.6) is 23.0 Å². The number of esters is 3. The van der Waals surface area contributed by atoms with Crippen LogP contribution in [0.1, 0.15) is 125 Å². The Labute approximate surface area is 558 Å². The molecule has 7 rings (SSSR count). The average Bonchev–Trinajstić information content (AvgIpc) is 1.53. The lowest BCUT2D eigenvalue weighted by Gasteiger charge is -2.44. The number of nitrogens with zero attached hydrogens (tertiary/aromatic N) is 3. The zero-order valence-corrected chi connectivity index (χ0v) is 60.7. The molecule has 4 aromatic rings. The van der Waals surface area contributed by atoms with Gasteiger partial charge >= 0.3 is 30.1 Å². The first-order chi connectivity index (χ1) is 43.2. The number of carboxylic acid groups (broad SMARTS) is 1. The van der Waals surface area contributed by atoms with Crippen molar-refractivity contribution >= 4 is 69.9 Å². The molecule has 3 aliphatic rings. The number of aliphatic imine (C=N–C) groups is 1. The summed E-state index contributed by atoms with van der Waals surface area (Å²) in [7, 11) is -1.54. The Hall–Kier alpha value is -7.71. The maximum absolute atomic E-state index is 13.7. The van der Waals surface area contributed by atoms with Gasteiger partial charge in [-0.25, -0.2) is 19.2 Å². The van der Waals surface area contributed by atoms with Gasteiger partial charge in [0, 0.05) is 87.3 Å². The molecule has 0 bridgehead atoms. The Morgan fingerprint density at radius 3 is 1.37 bits per heavy atom. The number of Topliss-reactive ketones (excluding diaryl/α,β-unsaturated/α-hetero) is 1. The van der Waals surface area contributed by atoms with E-state index in [1.54, 1.807) is 49.9 Å². The predicted molar refractivity (Wildman–Crippen MR) is 367 cm³/mol. The highest BCUT2D eigenvalue weighted by atomic mass is 28.4. The number of hydrogen-bond acceptors (Lipinski definition) is 18. The van der Waals surface area contributed by atoms with Gasteiger partial charge in [0.25, 0.3) is 12.1 Å². The minimum Gasteiger partial charge on any atom is -0.481 e. The van der Waals surface area contributed by atoms with Gasteiger partial charge in [-0.15, -0.1) is 0 Å². The second-order valence-electron chi connectivity index (χ2n) is 28.5. The highest BCUT2D eigenvalue weighted by molar-refractivity contribution is 6.74. The van der Waals surface area contributed by atoms with Crippen LogP contribution in [0.4, 0.5) is 9.59 Å². The van der Waals surface area contributed by atoms with Gasteiger partial charge in [-0.3, -0.25) is 19.4 Å². The SMILES string of the molecule is CC(=O)O.COC(=O)C(OC(=O)C(CCO[Si](C)(C)C(C)(C)C)C1CN(C(=O)OC(C)(C)C)C1)C(=O)c1ccc(Oc2ccccc2)cc1.COC(=O)C1=C(c2ccc(Oc3ccccc3)cc2)N=C(C(CCO[Si](C)(C)C(C)(C)C)C2CN(C(=O)OC(C)(C)C)C2)C1.N. The van der Waals surface area contributed by atoms with E-state index in [-0.39, 0.29) is 64.7 Å². The van der Waals surface area contributed by atoms with Crippen molar-refractivity contribution in [2.45, 2.75) is 163 Å². The summed E-state index contributed by atoms with van der Waals surface area (Å²) in [6.07, 6.45) is -1.11. The minimum absolute atomic E-state index is 0. The molecule has 0 aliphatic carbocycles. The monoisotopic (exact) mass is 1340 g/mol. The molecule has 2 fully saturated rings. The third-order valence-electron chi connectivity index (χ3n) is 16.8. The van der Waals surface area contributed by atoms with E-state index in [1.807, 2.05) is 93.6 Å². The molecule has 0 saturated carbocycles. The van der Waals surface area contributed by atoms with Crippen LogP contribution in [0.2, 0.25) is 36.3 Å². The smallest absolute Gasteiger partial charge is 0.410 e. The topological polar surface area (TPSA) is 277 Å². The first kappa shape index (κ1) is 78.7. The van der Waals surface area contributed by atoms with E-state index in [0.717, 1.165) is 37.5 Å². The van der Waals surface area contributed by atoms with Crippen LogP contribution in [0.15, 0.2) is 120 Å². The van der Waals surface area contributed by atoms with E-state index >= 15 is 0 Å². The normalized spacial score (nSPS) is 15.5. The van der Waals surface area contributed by atoms with E-state index in [4.69, 9.17) is 56.9 Å². The molecule has 94 heavy (non-hydrogen) atoms. The highest BCUT2D eigenvalue weighted by Gasteiger charge is 2.46. The Bertz CT molecular complexity index is 3240. The van der Waals surface area contributed by atoms with Gasteiger partial charge in [-0.2, -0.15) is 0 Å². The maximum atomic E-state index is 13.7. The van der Waals surface area contributed by atoms with Gasteiger partial charge in [0.15, 0.2) is 16.6 Å². The minimum atomic E-state index is -2.11. The first-order valence-electron chi connectivity index (χ1n) is 31.5. The number of aliphatic carboxylic acids is 1. The highest BCUT2D eigenvalue weighted by Crippen LogP contribution is 2.42. The fourth-order valence-corrected chi connectivity index (χ4v) is 11.7. The lowest BCUT2D eigenvalue weighted by Crippen LogP contribution is -2.56. The molecule has 4 aromatic carbocycles. The summed E-state index contributed by atoms with van der Waals surface area (Å²) in [5.74, 6) is -1.86. The van der Waals surface area contributed by atoms with Gasteiger partial charge < -0.3 is 63.1 Å². The molecule has 3 unspecified atom stereocenters. The first-order valence-corrected chi connectivity index (χ1v) is 37.4. The van der Waals surface area contributed by atoms with Crippen molar-refractivity contribution in [2.75, 3.05) is 53.6 Å². The molecule has 2 amide bonds. The molecule has 21 nitrogen and oxygen atoms in total. The number of carbonyl (C=O) groups excluding carboxylic acids is 6. The third kappa shape index (κ3) is 23.3. The summed E-state index contributed by atoms with van der Waals surface area (Å²) in [6, 6.07) is 32.5. The Morgan fingerprint density at radius 1 is 0.564 bits per heavy atom. The van der Waals surface area contributed by atoms with Crippen molar-refractivity contribution in [3.05, 3.63) is 126 Å². The summed E-state index contributed by atoms with van der Waals surface area (Å²) in [6.45, 7) is 36.5. The van der Waals surface area contributed by atoms with Gasteiger partial charge in [0.05, 0.1) is 31.4 Å². The number of para-hydroxylation sites is 2. The number of carboxylic acids is 1. The molecule has 0 radical (unpaired) electrons. The van der Waals surface area contributed by atoms with E-state index < -0.39 is 69.6 Å². The van der Waals surface area contributed by atoms with Gasteiger partial charge in [0.1, 0.15) is 34.2 Å². The van der Waals surface area contributed by atoms with Crippen molar-refractivity contribution in [3.63, 3.8) is 0 Å². The Morgan fingerprint density at radius 2 is 0.968 bits per heavy atom. The molecule has 23 heteroatoms. The number of rotatable bonds is 22. The van der Waals surface area contributed by atoms with Crippen molar-refractivity contribution in [2.24, 2.45) is 28.7 Å². The maximum Gasteiger partial charge on any atom is 0.410 e. The molecule has 3 atom stereocenters. The van der Waals surface area contributed by atoms with Crippen LogP contribution in [-0.4, -0.2) is 150 Å². The van der Waals surface area contributed by atoms with Crippen molar-refractivity contribution < 1.29 is 80.7 Å². The molecule has 516 valence electrons. The summed E-state index contributed by atoms with van der Waals surface area (Å²) >= 11 is 0. The van der Waals surface area contributed by atoms with Gasteiger partial charge in [0.2, 0.25) is 5.78 Å². The van der Waals surface area contributed by atoms with E-state index in [9.17, 15) is 28.8 Å². The van der Waals surface area contributed by atoms with E-state index in [2.05, 4.69) is 67.7 Å².